The van der Waals surface area contributed by atoms with E-state index in [2.05, 4.69) is 5.10 Å². The second-order valence-corrected chi connectivity index (χ2v) is 7.35. The molecule has 0 amide bonds. The van der Waals surface area contributed by atoms with Crippen LogP contribution in [0.4, 0.5) is 5.69 Å². The zero-order valence-electron chi connectivity index (χ0n) is 19.4. The zero-order valence-corrected chi connectivity index (χ0v) is 19.4. The Kier molecular flexibility index (Phi) is 6.50. The van der Waals surface area contributed by atoms with Crippen molar-refractivity contribution >= 4 is 28.4 Å². The number of esters is 1. The Morgan fingerprint density at radius 2 is 1.86 bits per heavy atom. The van der Waals surface area contributed by atoms with Gasteiger partial charge in [0, 0.05) is 18.2 Å². The number of aromatic nitrogens is 2. The number of non-ortho nitro benzene ring substituents is 1. The molecule has 0 saturated carbocycles. The van der Waals surface area contributed by atoms with E-state index in [0.717, 1.165) is 10.7 Å². The molecule has 0 saturated heterocycles. The third kappa shape index (κ3) is 4.15. The number of methoxy groups -OCH3 is 2. The first kappa shape index (κ1) is 24.1. The fourth-order valence-electron chi connectivity index (χ4n) is 3.66. The van der Waals surface area contributed by atoms with Gasteiger partial charge in [0.2, 0.25) is 5.78 Å². The molecule has 12 nitrogen and oxygen atoms in total. The lowest BCUT2D eigenvalue weighted by Crippen LogP contribution is -2.30. The van der Waals surface area contributed by atoms with E-state index in [0.29, 0.717) is 11.0 Å². The van der Waals surface area contributed by atoms with Gasteiger partial charge in [-0.25, -0.2) is 9.48 Å². The van der Waals surface area contributed by atoms with E-state index >= 15 is 0 Å². The molecule has 2 aromatic carbocycles. The minimum atomic E-state index is -0.834. The maximum absolute atomic E-state index is 13.8. The van der Waals surface area contributed by atoms with Gasteiger partial charge >= 0.3 is 5.97 Å². The lowest BCUT2D eigenvalue weighted by molar-refractivity contribution is -0.384. The number of carbonyl (C=O) groups excluding carboxylic acids is 2. The van der Waals surface area contributed by atoms with Crippen LogP contribution in [0.1, 0.15) is 33.3 Å². The quantitative estimate of drug-likeness (QED) is 0.168. The van der Waals surface area contributed by atoms with Crippen LogP contribution >= 0.6 is 0 Å². The molecule has 0 aliphatic heterocycles. The first-order chi connectivity index (χ1) is 17.3. The molecule has 36 heavy (non-hydrogen) atoms. The van der Waals surface area contributed by atoms with Gasteiger partial charge in [-0.3, -0.25) is 20.3 Å². The number of fused-ring (bicyclic) bond motifs is 1. The summed E-state index contributed by atoms with van der Waals surface area (Å²) in [6, 6.07) is 9.47. The molecular weight excluding hydrogens is 472 g/mol. The summed E-state index contributed by atoms with van der Waals surface area (Å²) in [4.78, 5) is 36.9. The topological polar surface area (TPSA) is 160 Å². The van der Waals surface area contributed by atoms with Gasteiger partial charge < -0.3 is 18.6 Å². The van der Waals surface area contributed by atoms with Crippen LogP contribution in [0.2, 0.25) is 0 Å². The van der Waals surface area contributed by atoms with Crippen LogP contribution in [0.15, 0.2) is 53.1 Å². The van der Waals surface area contributed by atoms with Crippen molar-refractivity contribution in [2.24, 2.45) is 0 Å². The highest BCUT2D eigenvalue weighted by atomic mass is 16.6. The fourth-order valence-corrected chi connectivity index (χ4v) is 3.66. The normalized spacial score (nSPS) is 10.8. The van der Waals surface area contributed by atoms with Crippen molar-refractivity contribution in [2.75, 3.05) is 20.8 Å². The van der Waals surface area contributed by atoms with E-state index in [1.807, 2.05) is 0 Å². The second-order valence-electron chi connectivity index (χ2n) is 7.35. The summed E-state index contributed by atoms with van der Waals surface area (Å²) < 4.78 is 22.4. The molecule has 12 heteroatoms. The van der Waals surface area contributed by atoms with Crippen molar-refractivity contribution in [1.82, 2.24) is 9.78 Å². The number of furan rings is 1. The fraction of sp³-hybridized carbons (Fsp3) is 0.167. The van der Waals surface area contributed by atoms with Crippen molar-refractivity contribution < 1.29 is 33.1 Å². The van der Waals surface area contributed by atoms with E-state index in [4.69, 9.17) is 24.0 Å². The SMILES string of the molecule is CCOC(=O)c1cc(C(=O)c2c(OC)cc3occc3c2OC)nn(-c2ccc([N+](=O)[O-])cc2)c1=N. The number of nitrogens with one attached hydrogen (secondary N) is 1. The van der Waals surface area contributed by atoms with Crippen LogP contribution in [-0.2, 0) is 4.74 Å². The maximum atomic E-state index is 13.8. The number of ketones is 1. The van der Waals surface area contributed by atoms with Crippen LogP contribution in [0.3, 0.4) is 0 Å². The van der Waals surface area contributed by atoms with Crippen LogP contribution in [0, 0.1) is 15.5 Å². The lowest BCUT2D eigenvalue weighted by Gasteiger charge is -2.15. The monoisotopic (exact) mass is 492 g/mol. The number of carbonyl (C=O) groups is 2. The summed E-state index contributed by atoms with van der Waals surface area (Å²) in [5.74, 6) is -1.16. The van der Waals surface area contributed by atoms with Crippen molar-refractivity contribution in [1.29, 1.82) is 5.41 Å². The highest BCUT2D eigenvalue weighted by molar-refractivity contribution is 6.15. The molecule has 0 bridgehead atoms. The van der Waals surface area contributed by atoms with Gasteiger partial charge in [-0.2, -0.15) is 5.10 Å². The Bertz CT molecular complexity index is 1550. The molecule has 2 heterocycles. The Hall–Kier alpha value is -5.00. The summed E-state index contributed by atoms with van der Waals surface area (Å²) in [6.45, 7) is 1.65. The minimum Gasteiger partial charge on any atom is -0.496 e. The van der Waals surface area contributed by atoms with E-state index in [9.17, 15) is 19.7 Å². The molecule has 4 aromatic rings. The van der Waals surface area contributed by atoms with Gasteiger partial charge in [0.25, 0.3) is 5.69 Å². The van der Waals surface area contributed by atoms with Crippen molar-refractivity contribution in [2.45, 2.75) is 6.92 Å². The largest absolute Gasteiger partial charge is 0.496 e. The third-order valence-corrected chi connectivity index (χ3v) is 5.32. The van der Waals surface area contributed by atoms with Gasteiger partial charge in [-0.1, -0.05) is 0 Å². The number of rotatable bonds is 8. The van der Waals surface area contributed by atoms with E-state index in [1.165, 1.54) is 50.8 Å². The molecule has 0 aliphatic rings. The molecule has 184 valence electrons. The highest BCUT2D eigenvalue weighted by Gasteiger charge is 2.27. The van der Waals surface area contributed by atoms with Gasteiger partial charge in [0.15, 0.2) is 5.49 Å². The van der Waals surface area contributed by atoms with E-state index in [-0.39, 0.29) is 51.8 Å². The van der Waals surface area contributed by atoms with Gasteiger partial charge in [0.1, 0.15) is 33.9 Å². The van der Waals surface area contributed by atoms with Crippen LogP contribution in [-0.4, -0.2) is 47.3 Å². The summed E-state index contributed by atoms with van der Waals surface area (Å²) in [5.41, 5.74) is -0.306. The Morgan fingerprint density at radius 3 is 2.47 bits per heavy atom. The van der Waals surface area contributed by atoms with E-state index < -0.39 is 16.7 Å². The third-order valence-electron chi connectivity index (χ3n) is 5.32. The smallest absolute Gasteiger partial charge is 0.342 e. The molecular formula is C24H20N4O8. The lowest BCUT2D eigenvalue weighted by atomic mass is 10.0. The molecule has 0 unspecified atom stereocenters. The number of hydrogen-bond donors (Lipinski definition) is 1. The second kappa shape index (κ2) is 9.70. The number of nitrogens with zero attached hydrogens (tertiary/aromatic N) is 3. The Labute approximate surface area is 203 Å². The molecule has 0 aliphatic carbocycles. The number of nitro groups is 1. The molecule has 0 fully saturated rings. The molecule has 0 radical (unpaired) electrons. The summed E-state index contributed by atoms with van der Waals surface area (Å²) >= 11 is 0. The first-order valence-corrected chi connectivity index (χ1v) is 10.6. The van der Waals surface area contributed by atoms with Crippen molar-refractivity contribution in [3.8, 4) is 17.2 Å². The Morgan fingerprint density at radius 1 is 1.14 bits per heavy atom. The number of nitro benzene ring substituents is 1. The molecule has 0 spiro atoms. The maximum Gasteiger partial charge on any atom is 0.342 e. The average Bonchev–Trinajstić information content (AvgIpc) is 3.35. The first-order valence-electron chi connectivity index (χ1n) is 10.6. The van der Waals surface area contributed by atoms with Gasteiger partial charge in [0.05, 0.1) is 43.1 Å². The minimum absolute atomic E-state index is 0.0317. The van der Waals surface area contributed by atoms with Crippen LogP contribution in [0.5, 0.6) is 11.5 Å². The predicted octanol–water partition coefficient (Wildman–Crippen LogP) is 3.43. The predicted molar refractivity (Wildman–Crippen MR) is 125 cm³/mol. The van der Waals surface area contributed by atoms with Gasteiger partial charge in [-0.15, -0.1) is 0 Å². The summed E-state index contributed by atoms with van der Waals surface area (Å²) in [6.07, 6.45) is 1.44. The van der Waals surface area contributed by atoms with E-state index in [1.54, 1.807) is 13.0 Å². The Balaban J connectivity index is 1.96. The standard InChI is InChI=1S/C24H20N4O8/c1-4-35-24(30)16-11-17(26-27(23(16)25)13-5-7-14(8-6-13)28(31)32)21(29)20-19(33-2)12-18-15(9-10-36-18)22(20)34-3/h5-12,25H,4H2,1-3H3. The molecule has 2 aromatic heterocycles. The molecule has 1 N–H and O–H groups in total. The summed E-state index contributed by atoms with van der Waals surface area (Å²) in [5, 5.41) is 24.3. The average molecular weight is 492 g/mol. The number of benzene rings is 2. The highest BCUT2D eigenvalue weighted by Crippen LogP contribution is 2.38. The summed E-state index contributed by atoms with van der Waals surface area (Å²) in [7, 11) is 2.77. The number of ether oxygens (including phenoxy) is 3. The van der Waals surface area contributed by atoms with Crippen LogP contribution in [0.25, 0.3) is 16.7 Å². The number of hydrogen-bond acceptors (Lipinski definition) is 10. The van der Waals surface area contributed by atoms with Crippen molar-refractivity contribution in [3.05, 3.63) is 81.2 Å². The van der Waals surface area contributed by atoms with Crippen molar-refractivity contribution in [3.63, 3.8) is 0 Å². The van der Waals surface area contributed by atoms with Crippen LogP contribution < -0.4 is 15.0 Å². The molecule has 0 atom stereocenters. The zero-order chi connectivity index (χ0) is 26.0. The van der Waals surface area contributed by atoms with Gasteiger partial charge in [-0.05, 0) is 31.2 Å². The molecule has 4 rings (SSSR count).